The van der Waals surface area contributed by atoms with Crippen molar-refractivity contribution in [2.45, 2.75) is 32.0 Å². The lowest BCUT2D eigenvalue weighted by atomic mass is 10.2. The molecular formula is C12H14O2. The Hall–Kier alpha value is -1.15. The minimum Gasteiger partial charge on any atom is -0.366 e. The van der Waals surface area contributed by atoms with Gasteiger partial charge < -0.3 is 4.74 Å². The molecule has 1 aliphatic rings. The van der Waals surface area contributed by atoms with Gasteiger partial charge in [0.2, 0.25) is 0 Å². The van der Waals surface area contributed by atoms with Gasteiger partial charge in [-0.3, -0.25) is 4.79 Å². The fraction of sp³-hybridized carbons (Fsp3) is 0.417. The summed E-state index contributed by atoms with van der Waals surface area (Å²) in [7, 11) is 0. The standard InChI is InChI=1S/C12H14O2/c13-11-7-4-8-12(11)14-9-10-5-2-1-3-6-10/h1-3,5-6,12H,4,7-9H2. The molecular weight excluding hydrogens is 176 g/mol. The normalized spacial score (nSPS) is 21.4. The van der Waals surface area contributed by atoms with Gasteiger partial charge in [0.25, 0.3) is 0 Å². The average Bonchev–Trinajstić information content (AvgIpc) is 2.63. The molecule has 1 fully saturated rings. The van der Waals surface area contributed by atoms with Crippen molar-refractivity contribution in [2.24, 2.45) is 0 Å². The maximum Gasteiger partial charge on any atom is 0.161 e. The Morgan fingerprint density at radius 2 is 2.07 bits per heavy atom. The molecule has 0 heterocycles. The first kappa shape index (κ1) is 9.41. The molecule has 74 valence electrons. The van der Waals surface area contributed by atoms with Crippen molar-refractivity contribution < 1.29 is 9.53 Å². The Morgan fingerprint density at radius 3 is 2.71 bits per heavy atom. The summed E-state index contributed by atoms with van der Waals surface area (Å²) in [5.41, 5.74) is 1.13. The van der Waals surface area contributed by atoms with Crippen molar-refractivity contribution in [3.63, 3.8) is 0 Å². The second-order valence-corrected chi connectivity index (χ2v) is 3.64. The minimum atomic E-state index is -0.143. The van der Waals surface area contributed by atoms with E-state index in [1.54, 1.807) is 0 Å². The molecule has 0 N–H and O–H groups in total. The molecule has 0 saturated heterocycles. The molecule has 1 aromatic carbocycles. The van der Waals surface area contributed by atoms with E-state index in [1.165, 1.54) is 0 Å². The number of hydrogen-bond donors (Lipinski definition) is 0. The van der Waals surface area contributed by atoms with E-state index < -0.39 is 0 Å². The van der Waals surface area contributed by atoms with E-state index in [2.05, 4.69) is 0 Å². The highest BCUT2D eigenvalue weighted by molar-refractivity contribution is 5.84. The van der Waals surface area contributed by atoms with Crippen LogP contribution in [0.3, 0.4) is 0 Å². The molecule has 0 bridgehead atoms. The first-order valence-electron chi connectivity index (χ1n) is 5.04. The molecule has 0 aliphatic heterocycles. The minimum absolute atomic E-state index is 0.143. The number of ketones is 1. The Labute approximate surface area is 83.9 Å². The molecule has 2 nitrogen and oxygen atoms in total. The summed E-state index contributed by atoms with van der Waals surface area (Å²) < 4.78 is 5.55. The van der Waals surface area contributed by atoms with Crippen LogP contribution in [0.4, 0.5) is 0 Å². The maximum atomic E-state index is 11.3. The van der Waals surface area contributed by atoms with E-state index in [-0.39, 0.29) is 11.9 Å². The number of hydrogen-bond acceptors (Lipinski definition) is 2. The summed E-state index contributed by atoms with van der Waals surface area (Å²) in [6, 6.07) is 9.97. The number of benzene rings is 1. The summed E-state index contributed by atoms with van der Waals surface area (Å²) in [6.07, 6.45) is 2.43. The van der Waals surface area contributed by atoms with Crippen LogP contribution in [0.2, 0.25) is 0 Å². The number of rotatable bonds is 3. The number of carbonyl (C=O) groups is 1. The van der Waals surface area contributed by atoms with E-state index in [4.69, 9.17) is 4.74 Å². The second kappa shape index (κ2) is 4.38. The molecule has 1 aromatic rings. The lowest BCUT2D eigenvalue weighted by Crippen LogP contribution is -2.17. The molecule has 0 spiro atoms. The van der Waals surface area contributed by atoms with Crippen LogP contribution in [0.15, 0.2) is 30.3 Å². The highest BCUT2D eigenvalue weighted by Crippen LogP contribution is 2.18. The predicted molar refractivity (Wildman–Crippen MR) is 53.9 cm³/mol. The van der Waals surface area contributed by atoms with Crippen molar-refractivity contribution in [2.75, 3.05) is 0 Å². The fourth-order valence-electron chi connectivity index (χ4n) is 1.73. The second-order valence-electron chi connectivity index (χ2n) is 3.64. The third kappa shape index (κ3) is 2.20. The molecule has 0 amide bonds. The fourth-order valence-corrected chi connectivity index (χ4v) is 1.73. The number of ether oxygens (including phenoxy) is 1. The molecule has 0 radical (unpaired) electrons. The van der Waals surface area contributed by atoms with Crippen LogP contribution in [-0.2, 0) is 16.1 Å². The van der Waals surface area contributed by atoms with Crippen molar-refractivity contribution >= 4 is 5.78 Å². The first-order chi connectivity index (χ1) is 6.86. The smallest absolute Gasteiger partial charge is 0.161 e. The summed E-state index contributed by atoms with van der Waals surface area (Å²) in [4.78, 5) is 11.3. The zero-order chi connectivity index (χ0) is 9.80. The quantitative estimate of drug-likeness (QED) is 0.731. The topological polar surface area (TPSA) is 26.3 Å². The van der Waals surface area contributed by atoms with E-state index >= 15 is 0 Å². The van der Waals surface area contributed by atoms with Crippen LogP contribution in [0.5, 0.6) is 0 Å². The van der Waals surface area contributed by atoms with Crippen molar-refractivity contribution in [3.05, 3.63) is 35.9 Å². The first-order valence-corrected chi connectivity index (χ1v) is 5.04. The van der Waals surface area contributed by atoms with E-state index in [1.807, 2.05) is 30.3 Å². The lowest BCUT2D eigenvalue weighted by molar-refractivity contribution is -0.128. The monoisotopic (exact) mass is 190 g/mol. The van der Waals surface area contributed by atoms with Gasteiger partial charge in [0.15, 0.2) is 5.78 Å². The molecule has 0 aromatic heterocycles. The van der Waals surface area contributed by atoms with E-state index in [9.17, 15) is 4.79 Å². The van der Waals surface area contributed by atoms with Crippen LogP contribution < -0.4 is 0 Å². The van der Waals surface area contributed by atoms with E-state index in [0.29, 0.717) is 13.0 Å². The number of carbonyl (C=O) groups excluding carboxylic acids is 1. The Bertz CT molecular complexity index is 305. The summed E-state index contributed by atoms with van der Waals surface area (Å²) in [6.45, 7) is 0.553. The van der Waals surface area contributed by atoms with Crippen molar-refractivity contribution in [3.8, 4) is 0 Å². The largest absolute Gasteiger partial charge is 0.366 e. The highest BCUT2D eigenvalue weighted by Gasteiger charge is 2.24. The van der Waals surface area contributed by atoms with Crippen molar-refractivity contribution in [1.82, 2.24) is 0 Å². The molecule has 1 saturated carbocycles. The molecule has 14 heavy (non-hydrogen) atoms. The molecule has 1 atom stereocenters. The predicted octanol–water partition coefficient (Wildman–Crippen LogP) is 2.32. The summed E-state index contributed by atoms with van der Waals surface area (Å²) in [5.74, 6) is 0.265. The Morgan fingerprint density at radius 1 is 1.29 bits per heavy atom. The van der Waals surface area contributed by atoms with Crippen molar-refractivity contribution in [1.29, 1.82) is 0 Å². The summed E-state index contributed by atoms with van der Waals surface area (Å²) in [5, 5.41) is 0. The van der Waals surface area contributed by atoms with Crippen LogP contribution in [0, 0.1) is 0 Å². The summed E-state index contributed by atoms with van der Waals surface area (Å²) >= 11 is 0. The molecule has 2 heteroatoms. The zero-order valence-corrected chi connectivity index (χ0v) is 8.11. The van der Waals surface area contributed by atoms with Gasteiger partial charge in [0, 0.05) is 6.42 Å². The van der Waals surface area contributed by atoms with Gasteiger partial charge >= 0.3 is 0 Å². The van der Waals surface area contributed by atoms with Crippen LogP contribution in [-0.4, -0.2) is 11.9 Å². The van der Waals surface area contributed by atoms with Crippen LogP contribution in [0.25, 0.3) is 0 Å². The van der Waals surface area contributed by atoms with Gasteiger partial charge in [-0.15, -0.1) is 0 Å². The van der Waals surface area contributed by atoms with Gasteiger partial charge in [0.1, 0.15) is 6.10 Å². The lowest BCUT2D eigenvalue weighted by Gasteiger charge is -2.09. The average molecular weight is 190 g/mol. The van der Waals surface area contributed by atoms with Crippen LogP contribution >= 0.6 is 0 Å². The van der Waals surface area contributed by atoms with Gasteiger partial charge in [-0.05, 0) is 18.4 Å². The van der Waals surface area contributed by atoms with Gasteiger partial charge in [-0.25, -0.2) is 0 Å². The SMILES string of the molecule is O=C1CCCC1OCc1ccccc1. The van der Waals surface area contributed by atoms with Gasteiger partial charge in [-0.1, -0.05) is 30.3 Å². The maximum absolute atomic E-state index is 11.3. The number of Topliss-reactive ketones (excluding diaryl/α,β-unsaturated/α-hetero) is 1. The highest BCUT2D eigenvalue weighted by atomic mass is 16.5. The third-order valence-corrected chi connectivity index (χ3v) is 2.54. The Balaban J connectivity index is 1.85. The third-order valence-electron chi connectivity index (χ3n) is 2.54. The zero-order valence-electron chi connectivity index (χ0n) is 8.11. The van der Waals surface area contributed by atoms with E-state index in [0.717, 1.165) is 18.4 Å². The Kier molecular flexibility index (Phi) is 2.94. The van der Waals surface area contributed by atoms with Crippen LogP contribution in [0.1, 0.15) is 24.8 Å². The molecule has 2 rings (SSSR count). The molecule has 1 aliphatic carbocycles. The van der Waals surface area contributed by atoms with Gasteiger partial charge in [0.05, 0.1) is 6.61 Å². The van der Waals surface area contributed by atoms with Gasteiger partial charge in [-0.2, -0.15) is 0 Å². The molecule has 1 unspecified atom stereocenters.